The summed E-state index contributed by atoms with van der Waals surface area (Å²) in [4.78, 5) is 33.5. The molecule has 0 aromatic heterocycles. The molecule has 2 atom stereocenters. The summed E-state index contributed by atoms with van der Waals surface area (Å²) in [5.41, 5.74) is 0. The molecule has 1 fully saturated rings. The number of carboxylic acids is 1. The van der Waals surface area contributed by atoms with Gasteiger partial charge in [0.1, 0.15) is 6.04 Å². The van der Waals surface area contributed by atoms with Gasteiger partial charge in [-0.15, -0.1) is 0 Å². The van der Waals surface area contributed by atoms with Crippen molar-refractivity contribution in [1.29, 1.82) is 0 Å². The van der Waals surface area contributed by atoms with E-state index in [0.29, 0.717) is 6.42 Å². The Bertz CT molecular complexity index is 517. The van der Waals surface area contributed by atoms with Gasteiger partial charge < -0.3 is 20.5 Å². The molecule has 0 aliphatic carbocycles. The number of carboxylic acid groups (broad SMARTS) is 1. The number of rotatable bonds is 6. The zero-order valence-corrected chi connectivity index (χ0v) is 12.3. The molecule has 3 N–H and O–H groups in total. The van der Waals surface area contributed by atoms with Crippen molar-refractivity contribution >= 4 is 27.8 Å². The lowest BCUT2D eigenvalue weighted by Crippen LogP contribution is -2.48. The van der Waals surface area contributed by atoms with Gasteiger partial charge >= 0.3 is 18.0 Å². The first-order valence-corrected chi connectivity index (χ1v) is 8.10. The molecule has 1 heterocycles. The summed E-state index contributed by atoms with van der Waals surface area (Å²) in [5, 5.41) is 13.4. The average Bonchev–Trinajstić information content (AvgIpc) is 2.74. The number of urea groups is 1. The van der Waals surface area contributed by atoms with Crippen molar-refractivity contribution < 1.29 is 32.6 Å². The number of sulfone groups is 1. The van der Waals surface area contributed by atoms with E-state index in [2.05, 4.69) is 15.4 Å². The van der Waals surface area contributed by atoms with Crippen molar-refractivity contribution in [1.82, 2.24) is 10.6 Å². The van der Waals surface area contributed by atoms with Crippen LogP contribution in [0.1, 0.15) is 12.8 Å². The van der Waals surface area contributed by atoms with Gasteiger partial charge in [0, 0.05) is 6.54 Å². The number of esters is 1. The van der Waals surface area contributed by atoms with Gasteiger partial charge in [-0.25, -0.2) is 18.0 Å². The average molecular weight is 322 g/mol. The van der Waals surface area contributed by atoms with Crippen molar-refractivity contribution in [2.45, 2.75) is 18.9 Å². The van der Waals surface area contributed by atoms with Crippen molar-refractivity contribution in [2.24, 2.45) is 5.92 Å². The lowest BCUT2D eigenvalue weighted by molar-refractivity contribution is -0.147. The van der Waals surface area contributed by atoms with Gasteiger partial charge in [0.15, 0.2) is 9.84 Å². The van der Waals surface area contributed by atoms with Crippen molar-refractivity contribution in [3.63, 3.8) is 0 Å². The number of ether oxygens (including phenoxy) is 1. The maximum atomic E-state index is 11.6. The largest absolute Gasteiger partial charge is 0.480 e. The minimum atomic E-state index is -3.03. The molecule has 9 nitrogen and oxygen atoms in total. The van der Waals surface area contributed by atoms with E-state index in [1.807, 2.05) is 0 Å². The highest BCUT2D eigenvalue weighted by Gasteiger charge is 2.29. The molecule has 2 amide bonds. The molecular weight excluding hydrogens is 304 g/mol. The molecule has 0 aromatic carbocycles. The molecule has 1 aliphatic rings. The van der Waals surface area contributed by atoms with Crippen LogP contribution in [0.15, 0.2) is 0 Å². The van der Waals surface area contributed by atoms with Crippen LogP contribution >= 0.6 is 0 Å². The number of hydrogen-bond acceptors (Lipinski definition) is 6. The zero-order valence-electron chi connectivity index (χ0n) is 11.5. The summed E-state index contributed by atoms with van der Waals surface area (Å²) in [6.07, 6.45) is -0.0236. The Morgan fingerprint density at radius 3 is 2.52 bits per heavy atom. The number of hydrogen-bond donors (Lipinski definition) is 3. The van der Waals surface area contributed by atoms with Gasteiger partial charge in [0.05, 0.1) is 25.0 Å². The third kappa shape index (κ3) is 5.98. The van der Waals surface area contributed by atoms with Crippen LogP contribution < -0.4 is 10.6 Å². The Labute approximate surface area is 122 Å². The second-order valence-electron chi connectivity index (χ2n) is 4.79. The first-order chi connectivity index (χ1) is 9.73. The van der Waals surface area contributed by atoms with E-state index in [9.17, 15) is 22.8 Å². The number of aliphatic carboxylic acids is 1. The molecule has 10 heteroatoms. The van der Waals surface area contributed by atoms with Crippen LogP contribution in [0, 0.1) is 5.92 Å². The first kappa shape index (κ1) is 17.2. The lowest BCUT2D eigenvalue weighted by atomic mass is 10.1. The fourth-order valence-corrected chi connectivity index (χ4v) is 3.79. The lowest BCUT2D eigenvalue weighted by Gasteiger charge is -2.15. The molecule has 0 bridgehead atoms. The number of amides is 2. The van der Waals surface area contributed by atoms with Crippen LogP contribution in [-0.2, 0) is 24.2 Å². The Kier molecular flexibility index (Phi) is 5.94. The highest BCUT2D eigenvalue weighted by molar-refractivity contribution is 7.91. The van der Waals surface area contributed by atoms with Gasteiger partial charge in [0.25, 0.3) is 0 Å². The van der Waals surface area contributed by atoms with Gasteiger partial charge in [-0.2, -0.15) is 0 Å². The van der Waals surface area contributed by atoms with Gasteiger partial charge in [0.2, 0.25) is 0 Å². The molecule has 0 radical (unpaired) electrons. The SMILES string of the molecule is COC(=O)C[C@H](NC(=O)NCC1CCS(=O)(=O)C1)C(=O)O. The summed E-state index contributed by atoms with van der Waals surface area (Å²) < 4.78 is 26.8. The van der Waals surface area contributed by atoms with Gasteiger partial charge in [-0.1, -0.05) is 0 Å². The van der Waals surface area contributed by atoms with Crippen molar-refractivity contribution in [3.05, 3.63) is 0 Å². The predicted molar refractivity (Wildman–Crippen MR) is 71.4 cm³/mol. The molecule has 1 aliphatic heterocycles. The molecule has 0 aromatic rings. The van der Waals surface area contributed by atoms with E-state index >= 15 is 0 Å². The molecule has 1 rings (SSSR count). The summed E-state index contributed by atoms with van der Waals surface area (Å²) in [5.74, 6) is -2.19. The minimum Gasteiger partial charge on any atom is -0.480 e. The van der Waals surface area contributed by atoms with Gasteiger partial charge in [-0.3, -0.25) is 4.79 Å². The van der Waals surface area contributed by atoms with Crippen LogP contribution in [0.3, 0.4) is 0 Å². The molecule has 0 saturated carbocycles. The highest BCUT2D eigenvalue weighted by atomic mass is 32.2. The van der Waals surface area contributed by atoms with Crippen LogP contribution in [-0.4, -0.2) is 62.7 Å². The number of methoxy groups -OCH3 is 1. The van der Waals surface area contributed by atoms with Crippen LogP contribution in [0.4, 0.5) is 4.79 Å². The smallest absolute Gasteiger partial charge is 0.326 e. The van der Waals surface area contributed by atoms with Crippen LogP contribution in [0.25, 0.3) is 0 Å². The quantitative estimate of drug-likeness (QED) is 0.518. The Morgan fingerprint density at radius 2 is 2.05 bits per heavy atom. The first-order valence-electron chi connectivity index (χ1n) is 6.28. The highest BCUT2D eigenvalue weighted by Crippen LogP contribution is 2.17. The van der Waals surface area contributed by atoms with E-state index in [1.165, 1.54) is 0 Å². The molecule has 21 heavy (non-hydrogen) atoms. The zero-order chi connectivity index (χ0) is 16.0. The molecule has 1 saturated heterocycles. The molecule has 120 valence electrons. The van der Waals surface area contributed by atoms with Crippen molar-refractivity contribution in [3.8, 4) is 0 Å². The Morgan fingerprint density at radius 1 is 1.38 bits per heavy atom. The fourth-order valence-electron chi connectivity index (χ4n) is 1.93. The normalized spacial score (nSPS) is 21.3. The maximum absolute atomic E-state index is 11.6. The summed E-state index contributed by atoms with van der Waals surface area (Å²) in [6, 6.07) is -2.17. The molecule has 1 unspecified atom stereocenters. The van der Waals surface area contributed by atoms with E-state index in [4.69, 9.17) is 5.11 Å². The Hall–Kier alpha value is -1.84. The summed E-state index contributed by atoms with van der Waals surface area (Å²) in [7, 11) is -1.91. The molecular formula is C11H18N2O7S. The molecule has 0 spiro atoms. The van der Waals surface area contributed by atoms with Crippen LogP contribution in [0.5, 0.6) is 0 Å². The van der Waals surface area contributed by atoms with E-state index in [1.54, 1.807) is 0 Å². The predicted octanol–water partition coefficient (Wildman–Crippen LogP) is -1.26. The maximum Gasteiger partial charge on any atom is 0.326 e. The van der Waals surface area contributed by atoms with Crippen molar-refractivity contribution in [2.75, 3.05) is 25.2 Å². The van der Waals surface area contributed by atoms with E-state index in [0.717, 1.165) is 7.11 Å². The second kappa shape index (κ2) is 7.25. The summed E-state index contributed by atoms with van der Waals surface area (Å²) >= 11 is 0. The minimum absolute atomic E-state index is 0.0117. The monoisotopic (exact) mass is 322 g/mol. The number of nitrogens with one attached hydrogen (secondary N) is 2. The third-order valence-corrected chi connectivity index (χ3v) is 4.92. The standard InChI is InChI=1S/C11H18N2O7S/c1-20-9(14)4-8(10(15)16)13-11(17)12-5-7-2-3-21(18,19)6-7/h7-8H,2-6H2,1H3,(H,15,16)(H2,12,13,17)/t7?,8-/m0/s1. The van der Waals surface area contributed by atoms with E-state index < -0.39 is 40.3 Å². The van der Waals surface area contributed by atoms with E-state index in [-0.39, 0.29) is 24.0 Å². The number of carbonyl (C=O) groups is 3. The third-order valence-electron chi connectivity index (χ3n) is 3.08. The Balaban J connectivity index is 2.40. The number of carbonyl (C=O) groups excluding carboxylic acids is 2. The van der Waals surface area contributed by atoms with Gasteiger partial charge in [-0.05, 0) is 12.3 Å². The topological polar surface area (TPSA) is 139 Å². The summed E-state index contributed by atoms with van der Waals surface area (Å²) in [6.45, 7) is 0.135. The van der Waals surface area contributed by atoms with Crippen LogP contribution in [0.2, 0.25) is 0 Å². The second-order valence-corrected chi connectivity index (χ2v) is 7.02. The fraction of sp³-hybridized carbons (Fsp3) is 0.727.